The van der Waals surface area contributed by atoms with Crippen molar-refractivity contribution < 1.29 is 13.2 Å². The average Bonchev–Trinajstić information content (AvgIpc) is 2.34. The molecule has 1 nitrogen and oxygen atoms in total. The van der Waals surface area contributed by atoms with Gasteiger partial charge in [-0.1, -0.05) is 23.7 Å². The Hall–Kier alpha value is -1.52. The molecule has 0 aliphatic carbocycles. The zero-order chi connectivity index (χ0) is 14.0. The quantitative estimate of drug-likeness (QED) is 0.906. The van der Waals surface area contributed by atoms with Crippen LogP contribution in [0.4, 0.5) is 13.2 Å². The standard InChI is InChI=1S/C14H11ClF3N/c15-9-3-1-4-10(16)8(9)7-13(19)14-11(17)5-2-6-12(14)18/h1-6,13H,7,19H2. The fraction of sp³-hybridized carbons (Fsp3) is 0.143. The van der Waals surface area contributed by atoms with Crippen LogP contribution < -0.4 is 5.73 Å². The van der Waals surface area contributed by atoms with Crippen LogP contribution in [0, 0.1) is 17.5 Å². The fourth-order valence-corrected chi connectivity index (χ4v) is 2.15. The topological polar surface area (TPSA) is 26.0 Å². The molecule has 0 amide bonds. The smallest absolute Gasteiger partial charge is 0.130 e. The van der Waals surface area contributed by atoms with E-state index in [9.17, 15) is 13.2 Å². The van der Waals surface area contributed by atoms with Crippen molar-refractivity contribution in [2.75, 3.05) is 0 Å². The lowest BCUT2D eigenvalue weighted by Crippen LogP contribution is -2.17. The van der Waals surface area contributed by atoms with Crippen LogP contribution in [0.3, 0.4) is 0 Å². The first-order valence-electron chi connectivity index (χ1n) is 5.63. The Bertz CT molecular complexity index is 561. The summed E-state index contributed by atoms with van der Waals surface area (Å²) in [5.41, 5.74) is 5.65. The molecule has 1 unspecified atom stereocenters. The van der Waals surface area contributed by atoms with Crippen molar-refractivity contribution in [2.24, 2.45) is 5.73 Å². The van der Waals surface area contributed by atoms with Gasteiger partial charge in [-0.2, -0.15) is 0 Å². The molecular formula is C14H11ClF3N. The second-order valence-electron chi connectivity index (χ2n) is 4.15. The van der Waals surface area contributed by atoms with Crippen molar-refractivity contribution in [1.82, 2.24) is 0 Å². The first-order valence-corrected chi connectivity index (χ1v) is 6.01. The van der Waals surface area contributed by atoms with Gasteiger partial charge in [-0.15, -0.1) is 0 Å². The third-order valence-corrected chi connectivity index (χ3v) is 3.21. The van der Waals surface area contributed by atoms with Gasteiger partial charge in [0.05, 0.1) is 0 Å². The monoisotopic (exact) mass is 285 g/mol. The maximum Gasteiger partial charge on any atom is 0.130 e. The van der Waals surface area contributed by atoms with E-state index >= 15 is 0 Å². The average molecular weight is 286 g/mol. The molecule has 2 aromatic rings. The van der Waals surface area contributed by atoms with Crippen molar-refractivity contribution in [3.63, 3.8) is 0 Å². The molecule has 0 bridgehead atoms. The molecule has 0 radical (unpaired) electrons. The van der Waals surface area contributed by atoms with Crippen molar-refractivity contribution in [3.8, 4) is 0 Å². The molecule has 0 spiro atoms. The molecule has 0 fully saturated rings. The minimum absolute atomic E-state index is 0.0800. The van der Waals surface area contributed by atoms with Gasteiger partial charge in [0, 0.05) is 22.2 Å². The van der Waals surface area contributed by atoms with E-state index in [1.165, 1.54) is 24.3 Å². The zero-order valence-corrected chi connectivity index (χ0v) is 10.6. The van der Waals surface area contributed by atoms with E-state index < -0.39 is 23.5 Å². The van der Waals surface area contributed by atoms with Crippen LogP contribution in [0.15, 0.2) is 36.4 Å². The third-order valence-electron chi connectivity index (χ3n) is 2.86. The van der Waals surface area contributed by atoms with Crippen LogP contribution in [0.1, 0.15) is 17.2 Å². The van der Waals surface area contributed by atoms with E-state index in [4.69, 9.17) is 17.3 Å². The molecule has 2 rings (SSSR count). The number of hydrogen-bond acceptors (Lipinski definition) is 1. The van der Waals surface area contributed by atoms with Gasteiger partial charge in [0.2, 0.25) is 0 Å². The molecule has 0 aliphatic heterocycles. The summed E-state index contributed by atoms with van der Waals surface area (Å²) in [5.74, 6) is -2.04. The highest BCUT2D eigenvalue weighted by Gasteiger charge is 2.19. The lowest BCUT2D eigenvalue weighted by atomic mass is 9.98. The minimum Gasteiger partial charge on any atom is -0.323 e. The Morgan fingerprint density at radius 2 is 1.47 bits per heavy atom. The van der Waals surface area contributed by atoms with E-state index in [2.05, 4.69) is 0 Å². The van der Waals surface area contributed by atoms with Gasteiger partial charge >= 0.3 is 0 Å². The van der Waals surface area contributed by atoms with Crippen LogP contribution in [0.2, 0.25) is 5.02 Å². The van der Waals surface area contributed by atoms with Gasteiger partial charge in [0.15, 0.2) is 0 Å². The zero-order valence-electron chi connectivity index (χ0n) is 9.84. The summed E-state index contributed by atoms with van der Waals surface area (Å²) in [4.78, 5) is 0. The summed E-state index contributed by atoms with van der Waals surface area (Å²) in [7, 11) is 0. The van der Waals surface area contributed by atoms with Gasteiger partial charge in [-0.05, 0) is 30.7 Å². The predicted molar refractivity (Wildman–Crippen MR) is 68.4 cm³/mol. The molecule has 2 N–H and O–H groups in total. The van der Waals surface area contributed by atoms with Gasteiger partial charge in [0.1, 0.15) is 17.5 Å². The molecule has 100 valence electrons. The van der Waals surface area contributed by atoms with Crippen molar-refractivity contribution in [3.05, 3.63) is 70.0 Å². The van der Waals surface area contributed by atoms with Crippen LogP contribution >= 0.6 is 11.6 Å². The van der Waals surface area contributed by atoms with E-state index in [0.717, 1.165) is 12.1 Å². The van der Waals surface area contributed by atoms with E-state index in [0.29, 0.717) is 0 Å². The van der Waals surface area contributed by atoms with Crippen LogP contribution in [0.25, 0.3) is 0 Å². The summed E-state index contributed by atoms with van der Waals surface area (Å²) in [6.45, 7) is 0. The summed E-state index contributed by atoms with van der Waals surface area (Å²) in [6.07, 6.45) is -0.0800. The lowest BCUT2D eigenvalue weighted by Gasteiger charge is -2.15. The maximum absolute atomic E-state index is 13.6. The molecule has 0 heterocycles. The molecule has 0 saturated carbocycles. The van der Waals surface area contributed by atoms with Gasteiger partial charge in [-0.25, -0.2) is 13.2 Å². The maximum atomic E-state index is 13.6. The Morgan fingerprint density at radius 3 is 2.05 bits per heavy atom. The molecule has 1 atom stereocenters. The van der Waals surface area contributed by atoms with E-state index in [1.54, 1.807) is 0 Å². The lowest BCUT2D eigenvalue weighted by molar-refractivity contribution is 0.518. The van der Waals surface area contributed by atoms with E-state index in [-0.39, 0.29) is 22.6 Å². The molecule has 0 saturated heterocycles. The van der Waals surface area contributed by atoms with Crippen molar-refractivity contribution >= 4 is 11.6 Å². The van der Waals surface area contributed by atoms with E-state index in [1.807, 2.05) is 0 Å². The Labute approximate surface area is 113 Å². The summed E-state index contributed by atoms with van der Waals surface area (Å²) in [5, 5.41) is 0.187. The van der Waals surface area contributed by atoms with Crippen molar-refractivity contribution in [1.29, 1.82) is 0 Å². The first-order chi connectivity index (χ1) is 9.00. The molecule has 0 aromatic heterocycles. The summed E-state index contributed by atoms with van der Waals surface area (Å²) >= 11 is 5.86. The van der Waals surface area contributed by atoms with Gasteiger partial charge in [-0.3, -0.25) is 0 Å². The molecule has 2 aromatic carbocycles. The normalized spacial score (nSPS) is 12.5. The molecule has 5 heteroatoms. The van der Waals surface area contributed by atoms with Crippen LogP contribution in [0.5, 0.6) is 0 Å². The van der Waals surface area contributed by atoms with Crippen LogP contribution in [-0.2, 0) is 6.42 Å². The first kappa shape index (κ1) is 13.9. The fourth-order valence-electron chi connectivity index (χ4n) is 1.91. The Morgan fingerprint density at radius 1 is 0.947 bits per heavy atom. The SMILES string of the molecule is NC(Cc1c(F)cccc1Cl)c1c(F)cccc1F. The summed E-state index contributed by atoms with van der Waals surface area (Å²) < 4.78 is 40.7. The highest BCUT2D eigenvalue weighted by atomic mass is 35.5. The largest absolute Gasteiger partial charge is 0.323 e. The van der Waals surface area contributed by atoms with Gasteiger partial charge in [0.25, 0.3) is 0 Å². The van der Waals surface area contributed by atoms with Gasteiger partial charge < -0.3 is 5.73 Å². The van der Waals surface area contributed by atoms with Crippen molar-refractivity contribution in [2.45, 2.75) is 12.5 Å². The molecule has 0 aliphatic rings. The minimum atomic E-state index is -1.00. The second kappa shape index (κ2) is 5.63. The number of hydrogen-bond donors (Lipinski definition) is 1. The number of halogens is 4. The summed E-state index contributed by atoms with van der Waals surface area (Å²) in [6, 6.07) is 6.65. The number of nitrogens with two attached hydrogens (primary N) is 1. The predicted octanol–water partition coefficient (Wildman–Crippen LogP) is 4.00. The Kier molecular flexibility index (Phi) is 4.12. The highest BCUT2D eigenvalue weighted by Crippen LogP contribution is 2.27. The highest BCUT2D eigenvalue weighted by molar-refractivity contribution is 6.31. The van der Waals surface area contributed by atoms with Crippen LogP contribution in [-0.4, -0.2) is 0 Å². The Balaban J connectivity index is 2.34. The third kappa shape index (κ3) is 2.91. The molecular weight excluding hydrogens is 275 g/mol. The number of rotatable bonds is 3. The molecule has 19 heavy (non-hydrogen) atoms. The second-order valence-corrected chi connectivity index (χ2v) is 4.55. The number of benzene rings is 2.